The van der Waals surface area contributed by atoms with Gasteiger partial charge in [-0.2, -0.15) is 0 Å². The van der Waals surface area contributed by atoms with Crippen molar-refractivity contribution < 1.29 is 9.53 Å². The van der Waals surface area contributed by atoms with Crippen molar-refractivity contribution in [1.82, 2.24) is 0 Å². The molecule has 2 rings (SSSR count). The molecule has 1 amide bonds. The fourth-order valence-electron chi connectivity index (χ4n) is 1.89. The van der Waals surface area contributed by atoms with Gasteiger partial charge in [0, 0.05) is 0 Å². The molecule has 0 saturated carbocycles. The molecule has 0 radical (unpaired) electrons. The van der Waals surface area contributed by atoms with Crippen LogP contribution in [0.2, 0.25) is 0 Å². The molecule has 0 aliphatic rings. The van der Waals surface area contributed by atoms with E-state index in [4.69, 9.17) is 4.74 Å². The molecule has 0 aliphatic carbocycles. The van der Waals surface area contributed by atoms with Gasteiger partial charge in [0.25, 0.3) is 5.91 Å². The predicted octanol–water partition coefficient (Wildman–Crippen LogP) is 5.07. The maximum absolute atomic E-state index is 12.3. The van der Waals surface area contributed by atoms with Crippen LogP contribution >= 0.6 is 27.3 Å². The number of hydrogen-bond acceptors (Lipinski definition) is 3. The first-order chi connectivity index (χ1) is 9.81. The fraction of sp³-hybridized carbons (Fsp3) is 0.312. The zero-order valence-electron chi connectivity index (χ0n) is 12.5. The van der Waals surface area contributed by atoms with E-state index in [-0.39, 0.29) is 11.3 Å². The van der Waals surface area contributed by atoms with Crippen LogP contribution in [0.3, 0.4) is 0 Å². The Labute approximate surface area is 137 Å². The van der Waals surface area contributed by atoms with Crippen molar-refractivity contribution >= 4 is 38.9 Å². The fourth-order valence-corrected chi connectivity index (χ4v) is 3.17. The SMILES string of the molecule is COc1ccc(C(C)(C)C)cc1NC(=O)c1ccc(Br)s1. The van der Waals surface area contributed by atoms with Crippen LogP contribution < -0.4 is 10.1 Å². The Bertz CT molecular complexity index is 659. The summed E-state index contributed by atoms with van der Waals surface area (Å²) >= 11 is 4.77. The maximum Gasteiger partial charge on any atom is 0.265 e. The van der Waals surface area contributed by atoms with Gasteiger partial charge in [0.2, 0.25) is 0 Å². The van der Waals surface area contributed by atoms with Crippen molar-refractivity contribution in [1.29, 1.82) is 0 Å². The van der Waals surface area contributed by atoms with Gasteiger partial charge in [-0.15, -0.1) is 11.3 Å². The first kappa shape index (κ1) is 16.0. The van der Waals surface area contributed by atoms with Crippen molar-refractivity contribution in [2.75, 3.05) is 12.4 Å². The summed E-state index contributed by atoms with van der Waals surface area (Å²) in [5, 5.41) is 2.93. The third-order valence-corrected chi connectivity index (χ3v) is 4.73. The zero-order chi connectivity index (χ0) is 15.6. The van der Waals surface area contributed by atoms with Gasteiger partial charge < -0.3 is 10.1 Å². The highest BCUT2D eigenvalue weighted by Gasteiger charge is 2.17. The van der Waals surface area contributed by atoms with E-state index in [0.29, 0.717) is 16.3 Å². The first-order valence-electron chi connectivity index (χ1n) is 6.56. The van der Waals surface area contributed by atoms with Gasteiger partial charge in [-0.1, -0.05) is 26.8 Å². The molecule has 0 bridgehead atoms. The second-order valence-corrected chi connectivity index (χ2v) is 8.19. The average molecular weight is 368 g/mol. The number of anilines is 1. The molecular weight excluding hydrogens is 350 g/mol. The normalized spacial score (nSPS) is 11.3. The Morgan fingerprint density at radius 2 is 1.95 bits per heavy atom. The number of rotatable bonds is 3. The van der Waals surface area contributed by atoms with Gasteiger partial charge >= 0.3 is 0 Å². The summed E-state index contributed by atoms with van der Waals surface area (Å²) in [6.45, 7) is 6.41. The number of halogens is 1. The predicted molar refractivity (Wildman–Crippen MR) is 91.7 cm³/mol. The van der Waals surface area contributed by atoms with Crippen molar-refractivity contribution in [3.05, 3.63) is 44.6 Å². The van der Waals surface area contributed by atoms with Crippen LogP contribution in [0, 0.1) is 0 Å². The van der Waals surface area contributed by atoms with Crippen molar-refractivity contribution in [2.45, 2.75) is 26.2 Å². The number of ether oxygens (including phenoxy) is 1. The van der Waals surface area contributed by atoms with Crippen LogP contribution in [-0.2, 0) is 5.41 Å². The minimum Gasteiger partial charge on any atom is -0.495 e. The lowest BCUT2D eigenvalue weighted by Gasteiger charge is -2.21. The van der Waals surface area contributed by atoms with Gasteiger partial charge in [0.1, 0.15) is 5.75 Å². The topological polar surface area (TPSA) is 38.3 Å². The molecule has 3 nitrogen and oxygen atoms in total. The number of carbonyl (C=O) groups excluding carboxylic acids is 1. The minimum absolute atomic E-state index is 0.0116. The quantitative estimate of drug-likeness (QED) is 0.822. The molecule has 5 heteroatoms. The third-order valence-electron chi connectivity index (χ3n) is 3.11. The highest BCUT2D eigenvalue weighted by molar-refractivity contribution is 9.11. The molecular formula is C16H18BrNO2S. The molecule has 1 heterocycles. The van der Waals surface area contributed by atoms with E-state index in [9.17, 15) is 4.79 Å². The molecule has 21 heavy (non-hydrogen) atoms. The van der Waals surface area contributed by atoms with Crippen LogP contribution in [0.1, 0.15) is 36.0 Å². The van der Waals surface area contributed by atoms with Crippen LogP contribution in [0.4, 0.5) is 5.69 Å². The Morgan fingerprint density at radius 3 is 2.48 bits per heavy atom. The van der Waals surface area contributed by atoms with Crippen LogP contribution in [-0.4, -0.2) is 13.0 Å². The second kappa shape index (κ2) is 6.20. The molecule has 1 aromatic heterocycles. The lowest BCUT2D eigenvalue weighted by molar-refractivity contribution is 0.103. The molecule has 1 N–H and O–H groups in total. The van der Waals surface area contributed by atoms with Gasteiger partial charge in [-0.25, -0.2) is 0 Å². The number of methoxy groups -OCH3 is 1. The Morgan fingerprint density at radius 1 is 1.24 bits per heavy atom. The van der Waals surface area contributed by atoms with E-state index < -0.39 is 0 Å². The zero-order valence-corrected chi connectivity index (χ0v) is 14.9. The minimum atomic E-state index is -0.130. The lowest BCUT2D eigenvalue weighted by atomic mass is 9.87. The van der Waals surface area contributed by atoms with Crippen LogP contribution in [0.15, 0.2) is 34.1 Å². The van der Waals surface area contributed by atoms with Gasteiger partial charge in [0.05, 0.1) is 21.5 Å². The molecule has 0 saturated heterocycles. The summed E-state index contributed by atoms with van der Waals surface area (Å²) in [4.78, 5) is 12.9. The third kappa shape index (κ3) is 3.86. The highest BCUT2D eigenvalue weighted by Crippen LogP contribution is 2.32. The monoisotopic (exact) mass is 367 g/mol. The summed E-state index contributed by atoms with van der Waals surface area (Å²) in [6, 6.07) is 9.54. The van der Waals surface area contributed by atoms with E-state index in [1.54, 1.807) is 13.2 Å². The molecule has 0 fully saturated rings. The maximum atomic E-state index is 12.3. The number of nitrogens with one attached hydrogen (secondary N) is 1. The Balaban J connectivity index is 2.31. The van der Waals surface area contributed by atoms with Gasteiger partial charge in [-0.3, -0.25) is 4.79 Å². The average Bonchev–Trinajstić information content (AvgIpc) is 2.84. The van der Waals surface area contributed by atoms with Crippen molar-refractivity contribution in [2.24, 2.45) is 0 Å². The van der Waals surface area contributed by atoms with E-state index in [2.05, 4.69) is 42.0 Å². The molecule has 0 spiro atoms. The highest BCUT2D eigenvalue weighted by atomic mass is 79.9. The van der Waals surface area contributed by atoms with E-state index >= 15 is 0 Å². The molecule has 2 aromatic rings. The standard InChI is InChI=1S/C16H18BrNO2S/c1-16(2,3)10-5-6-12(20-4)11(9-10)18-15(19)13-7-8-14(17)21-13/h5-9H,1-4H3,(H,18,19). The van der Waals surface area contributed by atoms with Crippen LogP contribution in [0.25, 0.3) is 0 Å². The number of thiophene rings is 1. The summed E-state index contributed by atoms with van der Waals surface area (Å²) in [7, 11) is 1.60. The summed E-state index contributed by atoms with van der Waals surface area (Å²) in [5.74, 6) is 0.530. The summed E-state index contributed by atoms with van der Waals surface area (Å²) in [5.41, 5.74) is 1.85. The number of amides is 1. The van der Waals surface area contributed by atoms with E-state index in [0.717, 1.165) is 9.35 Å². The largest absolute Gasteiger partial charge is 0.495 e. The summed E-state index contributed by atoms with van der Waals surface area (Å²) in [6.07, 6.45) is 0. The molecule has 0 unspecified atom stereocenters. The number of hydrogen-bond donors (Lipinski definition) is 1. The van der Waals surface area contributed by atoms with Crippen molar-refractivity contribution in [3.63, 3.8) is 0 Å². The van der Waals surface area contributed by atoms with Gasteiger partial charge in [-0.05, 0) is 51.2 Å². The van der Waals surface area contributed by atoms with Gasteiger partial charge in [0.15, 0.2) is 0 Å². The second-order valence-electron chi connectivity index (χ2n) is 5.72. The molecule has 0 aliphatic heterocycles. The number of benzene rings is 1. The van der Waals surface area contributed by atoms with Crippen LogP contribution in [0.5, 0.6) is 5.75 Å². The van der Waals surface area contributed by atoms with Crippen molar-refractivity contribution in [3.8, 4) is 5.75 Å². The first-order valence-corrected chi connectivity index (χ1v) is 8.17. The van der Waals surface area contributed by atoms with E-state index in [1.807, 2.05) is 24.3 Å². The Kier molecular flexibility index (Phi) is 4.74. The van der Waals surface area contributed by atoms with E-state index in [1.165, 1.54) is 11.3 Å². The lowest BCUT2D eigenvalue weighted by Crippen LogP contribution is -2.14. The molecule has 1 aromatic carbocycles. The summed E-state index contributed by atoms with van der Waals surface area (Å²) < 4.78 is 6.27. The molecule has 0 atom stereocenters. The smallest absolute Gasteiger partial charge is 0.265 e. The molecule has 112 valence electrons. The number of carbonyl (C=O) groups is 1. The Hall–Kier alpha value is -1.33.